The summed E-state index contributed by atoms with van der Waals surface area (Å²) >= 11 is 0. The number of nitrogens with zero attached hydrogens (tertiary/aromatic N) is 3. The summed E-state index contributed by atoms with van der Waals surface area (Å²) in [5.41, 5.74) is -0.508. The standard InChI is InChI=1S/C21H27F2N3O4/c1-12-7-8-14(18-25-17(13(2)30-18)21(3,4)28)10-26(12)20(27)15-6-5-9-24-19(15)29-11-16(22)23/h5-6,9,12,14,16,28H,7-8,10-11H2,1-4H3/t12-,14?/m1/s1. The maximum absolute atomic E-state index is 13.2. The molecule has 1 N–H and O–H groups in total. The van der Waals surface area contributed by atoms with Gasteiger partial charge >= 0.3 is 0 Å². The van der Waals surface area contributed by atoms with Gasteiger partial charge in [0.2, 0.25) is 5.88 Å². The maximum Gasteiger partial charge on any atom is 0.272 e. The number of carbonyl (C=O) groups excluding carboxylic acids is 1. The van der Waals surface area contributed by atoms with Crippen molar-refractivity contribution >= 4 is 5.91 Å². The largest absolute Gasteiger partial charge is 0.471 e. The second kappa shape index (κ2) is 8.67. The van der Waals surface area contributed by atoms with Crippen LogP contribution in [0.1, 0.15) is 67.2 Å². The summed E-state index contributed by atoms with van der Waals surface area (Å²) in [6.07, 6.45) is 0.237. The van der Waals surface area contributed by atoms with Gasteiger partial charge in [-0.3, -0.25) is 4.79 Å². The zero-order chi connectivity index (χ0) is 22.1. The summed E-state index contributed by atoms with van der Waals surface area (Å²) < 4.78 is 35.9. The molecule has 7 nitrogen and oxygen atoms in total. The Hall–Kier alpha value is -2.55. The molecule has 1 fully saturated rings. The molecule has 0 radical (unpaired) electrons. The number of hydrogen-bond acceptors (Lipinski definition) is 6. The molecule has 1 amide bonds. The van der Waals surface area contributed by atoms with E-state index >= 15 is 0 Å². The lowest BCUT2D eigenvalue weighted by Crippen LogP contribution is -2.45. The minimum absolute atomic E-state index is 0.0540. The summed E-state index contributed by atoms with van der Waals surface area (Å²) in [4.78, 5) is 23.3. The van der Waals surface area contributed by atoms with Crippen LogP contribution < -0.4 is 4.74 Å². The highest BCUT2D eigenvalue weighted by Crippen LogP contribution is 2.34. The Bertz CT molecular complexity index is 895. The van der Waals surface area contributed by atoms with Crippen molar-refractivity contribution in [1.82, 2.24) is 14.9 Å². The third-order valence-electron chi connectivity index (χ3n) is 5.23. The molecule has 3 heterocycles. The quantitative estimate of drug-likeness (QED) is 0.763. The normalized spacial score (nSPS) is 19.9. The van der Waals surface area contributed by atoms with E-state index < -0.39 is 18.6 Å². The van der Waals surface area contributed by atoms with E-state index in [-0.39, 0.29) is 29.3 Å². The van der Waals surface area contributed by atoms with E-state index in [1.807, 2.05) is 6.92 Å². The summed E-state index contributed by atoms with van der Waals surface area (Å²) in [5.74, 6) is 0.449. The summed E-state index contributed by atoms with van der Waals surface area (Å²) in [5, 5.41) is 10.3. The number of aryl methyl sites for hydroxylation is 1. The fourth-order valence-corrected chi connectivity index (χ4v) is 3.72. The molecule has 9 heteroatoms. The van der Waals surface area contributed by atoms with Crippen LogP contribution in [-0.4, -0.2) is 51.5 Å². The van der Waals surface area contributed by atoms with Crippen molar-refractivity contribution in [2.24, 2.45) is 0 Å². The first-order valence-corrected chi connectivity index (χ1v) is 9.95. The van der Waals surface area contributed by atoms with E-state index in [9.17, 15) is 18.7 Å². The van der Waals surface area contributed by atoms with Crippen LogP contribution in [0.25, 0.3) is 0 Å². The lowest BCUT2D eigenvalue weighted by atomic mass is 9.92. The van der Waals surface area contributed by atoms with Crippen LogP contribution in [0.3, 0.4) is 0 Å². The molecule has 0 bridgehead atoms. The van der Waals surface area contributed by atoms with Crippen molar-refractivity contribution in [2.45, 2.75) is 64.5 Å². The highest BCUT2D eigenvalue weighted by Gasteiger charge is 2.35. The number of halogens is 2. The van der Waals surface area contributed by atoms with Crippen LogP contribution in [0.15, 0.2) is 22.7 Å². The summed E-state index contributed by atoms with van der Waals surface area (Å²) in [6, 6.07) is 3.04. The fourth-order valence-electron chi connectivity index (χ4n) is 3.72. The highest BCUT2D eigenvalue weighted by molar-refractivity contribution is 5.96. The molecule has 0 aromatic carbocycles. The van der Waals surface area contributed by atoms with Gasteiger partial charge in [-0.05, 0) is 52.7 Å². The molecule has 0 aliphatic carbocycles. The van der Waals surface area contributed by atoms with Gasteiger partial charge in [-0.1, -0.05) is 0 Å². The van der Waals surface area contributed by atoms with Gasteiger partial charge in [-0.15, -0.1) is 0 Å². The summed E-state index contributed by atoms with van der Waals surface area (Å²) in [7, 11) is 0. The van der Waals surface area contributed by atoms with Gasteiger partial charge in [0.25, 0.3) is 12.3 Å². The molecule has 2 aromatic rings. The Balaban J connectivity index is 1.82. The predicted molar refractivity (Wildman–Crippen MR) is 105 cm³/mol. The molecule has 3 rings (SSSR count). The topological polar surface area (TPSA) is 88.7 Å². The molecule has 2 atom stereocenters. The number of carbonyl (C=O) groups is 1. The number of aliphatic hydroxyl groups is 1. The molecule has 0 saturated carbocycles. The average Bonchev–Trinajstić information content (AvgIpc) is 3.08. The number of likely N-dealkylation sites (tertiary alicyclic amines) is 1. The van der Waals surface area contributed by atoms with E-state index in [2.05, 4.69) is 9.97 Å². The maximum atomic E-state index is 13.2. The second-order valence-corrected chi connectivity index (χ2v) is 8.15. The predicted octanol–water partition coefficient (Wildman–Crippen LogP) is 3.66. The number of piperidine rings is 1. The van der Waals surface area contributed by atoms with Gasteiger partial charge in [0.15, 0.2) is 12.5 Å². The number of oxazole rings is 1. The monoisotopic (exact) mass is 423 g/mol. The zero-order valence-corrected chi connectivity index (χ0v) is 17.6. The van der Waals surface area contributed by atoms with E-state index in [4.69, 9.17) is 9.15 Å². The number of rotatable bonds is 6. The molecular formula is C21H27F2N3O4. The van der Waals surface area contributed by atoms with Crippen LogP contribution in [0.5, 0.6) is 5.88 Å². The number of hydrogen-bond donors (Lipinski definition) is 1. The third kappa shape index (κ3) is 4.77. The molecule has 1 aliphatic heterocycles. The van der Waals surface area contributed by atoms with Gasteiger partial charge < -0.3 is 19.2 Å². The minimum atomic E-state index is -2.66. The first-order chi connectivity index (χ1) is 14.1. The molecule has 1 saturated heterocycles. The minimum Gasteiger partial charge on any atom is -0.471 e. The molecule has 2 aromatic heterocycles. The molecule has 0 spiro atoms. The number of amides is 1. The number of aromatic nitrogens is 2. The second-order valence-electron chi connectivity index (χ2n) is 8.15. The lowest BCUT2D eigenvalue weighted by molar-refractivity contribution is 0.0571. The highest BCUT2D eigenvalue weighted by atomic mass is 19.3. The Morgan fingerprint density at radius 1 is 1.43 bits per heavy atom. The van der Waals surface area contributed by atoms with Crippen LogP contribution in [0.4, 0.5) is 8.78 Å². The van der Waals surface area contributed by atoms with Gasteiger partial charge in [-0.2, -0.15) is 0 Å². The molecular weight excluding hydrogens is 396 g/mol. The van der Waals surface area contributed by atoms with Gasteiger partial charge in [-0.25, -0.2) is 18.7 Å². The van der Waals surface area contributed by atoms with Gasteiger partial charge in [0.1, 0.15) is 22.6 Å². The van der Waals surface area contributed by atoms with Crippen LogP contribution in [0.2, 0.25) is 0 Å². The Kier molecular flexibility index (Phi) is 6.40. The van der Waals surface area contributed by atoms with E-state index in [0.29, 0.717) is 23.9 Å². The molecule has 1 unspecified atom stereocenters. The van der Waals surface area contributed by atoms with Crippen molar-refractivity contribution in [2.75, 3.05) is 13.2 Å². The molecule has 164 valence electrons. The number of ether oxygens (including phenoxy) is 1. The Morgan fingerprint density at radius 3 is 2.80 bits per heavy atom. The van der Waals surface area contributed by atoms with E-state index in [1.165, 1.54) is 12.3 Å². The SMILES string of the molecule is Cc1oc(C2CC[C@@H](C)N(C(=O)c3cccnc3OCC(F)F)C2)nc1C(C)(C)O. The van der Waals surface area contributed by atoms with E-state index in [0.717, 1.165) is 12.8 Å². The zero-order valence-electron chi connectivity index (χ0n) is 17.6. The van der Waals surface area contributed by atoms with Crippen molar-refractivity contribution in [3.63, 3.8) is 0 Å². The van der Waals surface area contributed by atoms with Crippen molar-refractivity contribution < 1.29 is 27.8 Å². The van der Waals surface area contributed by atoms with Crippen molar-refractivity contribution in [3.05, 3.63) is 41.2 Å². The molecule has 1 aliphatic rings. The van der Waals surface area contributed by atoms with Crippen LogP contribution in [-0.2, 0) is 5.60 Å². The van der Waals surface area contributed by atoms with E-state index in [1.54, 1.807) is 31.7 Å². The first-order valence-electron chi connectivity index (χ1n) is 9.95. The number of alkyl halides is 2. The first kappa shape index (κ1) is 22.1. The third-order valence-corrected chi connectivity index (χ3v) is 5.23. The Labute approximate surface area is 174 Å². The van der Waals surface area contributed by atoms with Gasteiger partial charge in [0.05, 0.1) is 5.92 Å². The lowest BCUT2D eigenvalue weighted by Gasteiger charge is -2.37. The van der Waals surface area contributed by atoms with Crippen LogP contribution >= 0.6 is 0 Å². The van der Waals surface area contributed by atoms with Crippen molar-refractivity contribution in [3.8, 4) is 5.88 Å². The summed E-state index contributed by atoms with van der Waals surface area (Å²) in [6.45, 7) is 6.50. The molecule has 30 heavy (non-hydrogen) atoms. The van der Waals surface area contributed by atoms with Crippen molar-refractivity contribution in [1.29, 1.82) is 0 Å². The van der Waals surface area contributed by atoms with Crippen LogP contribution in [0, 0.1) is 6.92 Å². The Morgan fingerprint density at radius 2 is 2.17 bits per heavy atom. The smallest absolute Gasteiger partial charge is 0.272 e. The average molecular weight is 423 g/mol. The number of pyridine rings is 1. The van der Waals surface area contributed by atoms with Gasteiger partial charge in [0, 0.05) is 18.8 Å². The fraction of sp³-hybridized carbons (Fsp3) is 0.571.